The standard InChI is InChI=1S/C15H29N3O2S.HI/c1-4-21(19)13-7-5-6-12(8-13)18-14(16-3)17-9-15(2)10-20-11-15;/h12-13H,4-11H2,1-3H3,(H2,16,17,18);1H. The van der Waals surface area contributed by atoms with E-state index in [1.54, 1.807) is 7.05 Å². The topological polar surface area (TPSA) is 62.7 Å². The number of rotatable bonds is 5. The monoisotopic (exact) mass is 443 g/mol. The fraction of sp³-hybridized carbons (Fsp3) is 0.933. The van der Waals surface area contributed by atoms with Crippen LogP contribution in [0, 0.1) is 5.41 Å². The Bertz CT molecular complexity index is 402. The van der Waals surface area contributed by atoms with Gasteiger partial charge in [-0.05, 0) is 19.3 Å². The van der Waals surface area contributed by atoms with Gasteiger partial charge in [-0.2, -0.15) is 0 Å². The van der Waals surface area contributed by atoms with Crippen molar-refractivity contribution in [2.75, 3.05) is 32.6 Å². The lowest BCUT2D eigenvalue weighted by atomic mass is 9.89. The summed E-state index contributed by atoms with van der Waals surface area (Å²) in [5, 5.41) is 7.24. The third-order valence-electron chi connectivity index (χ3n) is 4.43. The molecule has 2 aliphatic rings. The summed E-state index contributed by atoms with van der Waals surface area (Å²) in [5.41, 5.74) is 0.233. The Hall–Kier alpha value is 0.110. The van der Waals surface area contributed by atoms with Crippen LogP contribution in [0.4, 0.5) is 0 Å². The summed E-state index contributed by atoms with van der Waals surface area (Å²) in [6.45, 7) is 6.74. The highest BCUT2D eigenvalue weighted by atomic mass is 127. The Morgan fingerprint density at radius 3 is 2.68 bits per heavy atom. The first kappa shape index (κ1) is 20.2. The lowest BCUT2D eigenvalue weighted by Gasteiger charge is -2.38. The van der Waals surface area contributed by atoms with Gasteiger partial charge in [-0.25, -0.2) is 0 Å². The van der Waals surface area contributed by atoms with E-state index in [1.165, 1.54) is 0 Å². The van der Waals surface area contributed by atoms with E-state index in [4.69, 9.17) is 4.74 Å². The highest BCUT2D eigenvalue weighted by Gasteiger charge is 2.33. The fourth-order valence-electron chi connectivity index (χ4n) is 2.99. The largest absolute Gasteiger partial charge is 0.380 e. The molecule has 0 aromatic carbocycles. The molecule has 22 heavy (non-hydrogen) atoms. The number of halogens is 1. The van der Waals surface area contributed by atoms with Gasteiger partial charge in [-0.3, -0.25) is 9.20 Å². The maximum atomic E-state index is 12.0. The van der Waals surface area contributed by atoms with Crippen LogP contribution < -0.4 is 10.6 Å². The molecule has 3 atom stereocenters. The lowest BCUT2D eigenvalue weighted by molar-refractivity contribution is -0.0971. The lowest BCUT2D eigenvalue weighted by Crippen LogP contribution is -2.53. The fourth-order valence-corrected chi connectivity index (χ4v) is 4.34. The van der Waals surface area contributed by atoms with Gasteiger partial charge in [0.05, 0.1) is 13.2 Å². The Morgan fingerprint density at radius 1 is 1.41 bits per heavy atom. The normalized spacial score (nSPS) is 29.0. The highest BCUT2D eigenvalue weighted by molar-refractivity contribution is 14.0. The summed E-state index contributed by atoms with van der Waals surface area (Å²) >= 11 is 0. The zero-order valence-electron chi connectivity index (χ0n) is 13.9. The molecule has 3 unspecified atom stereocenters. The molecule has 0 aromatic rings. The zero-order valence-corrected chi connectivity index (χ0v) is 17.0. The minimum Gasteiger partial charge on any atom is -0.380 e. The highest BCUT2D eigenvalue weighted by Crippen LogP contribution is 2.25. The van der Waals surface area contributed by atoms with Gasteiger partial charge >= 0.3 is 0 Å². The Kier molecular flexibility index (Phi) is 8.63. The van der Waals surface area contributed by atoms with Crippen molar-refractivity contribution in [2.24, 2.45) is 10.4 Å². The van der Waals surface area contributed by atoms with E-state index < -0.39 is 10.8 Å². The van der Waals surface area contributed by atoms with Gasteiger partial charge in [-0.1, -0.05) is 20.3 Å². The van der Waals surface area contributed by atoms with Crippen LogP contribution in [0.15, 0.2) is 4.99 Å². The molecule has 1 saturated heterocycles. The average molecular weight is 443 g/mol. The molecular formula is C15H30IN3O2S. The summed E-state index contributed by atoms with van der Waals surface area (Å²) in [6.07, 6.45) is 4.37. The molecule has 0 amide bonds. The predicted molar refractivity (Wildman–Crippen MR) is 104 cm³/mol. The summed E-state index contributed by atoms with van der Waals surface area (Å²) in [5.74, 6) is 1.62. The molecule has 2 fully saturated rings. The van der Waals surface area contributed by atoms with Crippen LogP contribution in [-0.4, -0.2) is 54.0 Å². The van der Waals surface area contributed by atoms with Crippen molar-refractivity contribution < 1.29 is 8.95 Å². The summed E-state index contributed by atoms with van der Waals surface area (Å²) in [6, 6.07) is 0.385. The average Bonchev–Trinajstić information content (AvgIpc) is 2.48. The van der Waals surface area contributed by atoms with Crippen molar-refractivity contribution >= 4 is 40.7 Å². The minimum absolute atomic E-state index is 0. The van der Waals surface area contributed by atoms with Crippen molar-refractivity contribution in [3.63, 3.8) is 0 Å². The van der Waals surface area contributed by atoms with E-state index in [0.29, 0.717) is 11.3 Å². The van der Waals surface area contributed by atoms with Gasteiger partial charge in [0, 0.05) is 46.9 Å². The van der Waals surface area contributed by atoms with Crippen molar-refractivity contribution in [1.82, 2.24) is 10.6 Å². The van der Waals surface area contributed by atoms with E-state index in [0.717, 1.165) is 57.2 Å². The smallest absolute Gasteiger partial charge is 0.191 e. The third kappa shape index (κ3) is 5.63. The summed E-state index contributed by atoms with van der Waals surface area (Å²) in [4.78, 5) is 4.31. The number of aliphatic imine (C=N–C) groups is 1. The summed E-state index contributed by atoms with van der Waals surface area (Å²) < 4.78 is 17.3. The number of ether oxygens (including phenoxy) is 1. The van der Waals surface area contributed by atoms with Crippen LogP contribution in [0.5, 0.6) is 0 Å². The van der Waals surface area contributed by atoms with E-state index in [-0.39, 0.29) is 29.4 Å². The van der Waals surface area contributed by atoms with Crippen LogP contribution in [0.25, 0.3) is 0 Å². The number of hydrogen-bond acceptors (Lipinski definition) is 3. The zero-order chi connectivity index (χ0) is 15.3. The minimum atomic E-state index is -0.678. The predicted octanol–water partition coefficient (Wildman–Crippen LogP) is 1.89. The maximum Gasteiger partial charge on any atom is 0.191 e. The molecule has 7 heteroatoms. The SMILES string of the molecule is CCS(=O)C1CCCC(NC(=NC)NCC2(C)COC2)C1.I. The van der Waals surface area contributed by atoms with E-state index in [2.05, 4.69) is 22.5 Å². The van der Waals surface area contributed by atoms with Crippen molar-refractivity contribution in [1.29, 1.82) is 0 Å². The Balaban J connectivity index is 0.00000242. The number of nitrogens with zero attached hydrogens (tertiary/aromatic N) is 1. The Morgan fingerprint density at radius 2 is 2.14 bits per heavy atom. The first-order valence-electron chi connectivity index (χ1n) is 7.98. The first-order chi connectivity index (χ1) is 10.1. The second-order valence-electron chi connectivity index (χ2n) is 6.53. The second kappa shape index (κ2) is 9.42. The van der Waals surface area contributed by atoms with Gasteiger partial charge in [0.25, 0.3) is 0 Å². The van der Waals surface area contributed by atoms with Crippen molar-refractivity contribution in [3.05, 3.63) is 0 Å². The van der Waals surface area contributed by atoms with Crippen molar-refractivity contribution in [2.45, 2.75) is 50.8 Å². The van der Waals surface area contributed by atoms with Gasteiger partial charge in [0.1, 0.15) is 0 Å². The number of nitrogens with one attached hydrogen (secondary N) is 2. The molecule has 2 N–H and O–H groups in total. The second-order valence-corrected chi connectivity index (χ2v) is 8.53. The third-order valence-corrected chi connectivity index (χ3v) is 6.17. The van der Waals surface area contributed by atoms with Crippen LogP contribution in [0.3, 0.4) is 0 Å². The van der Waals surface area contributed by atoms with Gasteiger partial charge in [-0.15, -0.1) is 24.0 Å². The molecule has 1 aliphatic heterocycles. The van der Waals surface area contributed by atoms with E-state index >= 15 is 0 Å². The molecule has 5 nitrogen and oxygen atoms in total. The molecule has 1 aliphatic carbocycles. The van der Waals surface area contributed by atoms with Gasteiger partial charge in [0.15, 0.2) is 5.96 Å². The van der Waals surface area contributed by atoms with Crippen LogP contribution in [0.1, 0.15) is 39.5 Å². The molecule has 0 radical (unpaired) electrons. The number of hydrogen-bond donors (Lipinski definition) is 2. The summed E-state index contributed by atoms with van der Waals surface area (Å²) in [7, 11) is 1.13. The molecule has 1 heterocycles. The van der Waals surface area contributed by atoms with Gasteiger partial charge in [0.2, 0.25) is 0 Å². The maximum absolute atomic E-state index is 12.0. The molecule has 130 valence electrons. The van der Waals surface area contributed by atoms with Crippen LogP contribution in [-0.2, 0) is 15.5 Å². The molecule has 1 saturated carbocycles. The Labute approximate surface area is 153 Å². The van der Waals surface area contributed by atoms with E-state index in [9.17, 15) is 4.21 Å². The molecular weight excluding hydrogens is 413 g/mol. The van der Waals surface area contributed by atoms with Crippen molar-refractivity contribution in [3.8, 4) is 0 Å². The number of guanidine groups is 1. The molecule has 2 rings (SSSR count). The van der Waals surface area contributed by atoms with Crippen LogP contribution >= 0.6 is 24.0 Å². The van der Waals surface area contributed by atoms with E-state index in [1.807, 2.05) is 6.92 Å². The van der Waals surface area contributed by atoms with Crippen LogP contribution in [0.2, 0.25) is 0 Å². The molecule has 0 spiro atoms. The molecule has 0 aromatic heterocycles. The van der Waals surface area contributed by atoms with Gasteiger partial charge < -0.3 is 15.4 Å². The first-order valence-corrected chi connectivity index (χ1v) is 9.36. The quantitative estimate of drug-likeness (QED) is 0.387. The molecule has 0 bridgehead atoms.